The van der Waals surface area contributed by atoms with Gasteiger partial charge in [0.25, 0.3) is 0 Å². The van der Waals surface area contributed by atoms with Crippen LogP contribution in [0.5, 0.6) is 0 Å². The van der Waals surface area contributed by atoms with E-state index in [9.17, 15) is 4.79 Å². The maximum atomic E-state index is 13.0. The zero-order valence-corrected chi connectivity index (χ0v) is 12.6. The van der Waals surface area contributed by atoms with Crippen molar-refractivity contribution in [2.45, 2.75) is 50.8 Å². The summed E-state index contributed by atoms with van der Waals surface area (Å²) in [7, 11) is 0. The molecule has 0 bridgehead atoms. The Kier molecular flexibility index (Phi) is 3.07. The van der Waals surface area contributed by atoms with Gasteiger partial charge in [0.05, 0.1) is 12.1 Å². The summed E-state index contributed by atoms with van der Waals surface area (Å²) in [4.78, 5) is 15.1. The fourth-order valence-corrected chi connectivity index (χ4v) is 4.70. The summed E-state index contributed by atoms with van der Waals surface area (Å²) in [5.74, 6) is 1.03. The minimum atomic E-state index is -0.185. The fourth-order valence-electron chi connectivity index (χ4n) is 4.70. The number of carbonyl (C=O) groups excluding carboxylic acids is 1. The zero-order chi connectivity index (χ0) is 14.4. The molecule has 1 unspecified atom stereocenters. The van der Waals surface area contributed by atoms with E-state index >= 15 is 0 Å². The molecule has 4 atom stereocenters. The minimum absolute atomic E-state index is 0.105. The molecule has 21 heavy (non-hydrogen) atoms. The Hall–Kier alpha value is -1.35. The van der Waals surface area contributed by atoms with Crippen molar-refractivity contribution in [2.75, 3.05) is 6.61 Å². The van der Waals surface area contributed by atoms with Crippen LogP contribution in [0.15, 0.2) is 30.3 Å². The molecule has 1 amide bonds. The van der Waals surface area contributed by atoms with E-state index in [2.05, 4.69) is 24.0 Å². The number of hydrogen-bond acceptors (Lipinski definition) is 2. The molecular formula is C18H23NO2. The second-order valence-electron chi connectivity index (χ2n) is 6.99. The molecule has 3 fully saturated rings. The van der Waals surface area contributed by atoms with E-state index in [1.54, 1.807) is 0 Å². The smallest absolute Gasteiger partial charge is 0.228 e. The Morgan fingerprint density at radius 2 is 1.90 bits per heavy atom. The first-order valence-corrected chi connectivity index (χ1v) is 8.21. The van der Waals surface area contributed by atoms with Crippen LogP contribution in [0.1, 0.15) is 50.8 Å². The van der Waals surface area contributed by atoms with E-state index in [1.165, 1.54) is 25.7 Å². The van der Waals surface area contributed by atoms with E-state index in [1.807, 2.05) is 18.2 Å². The predicted octanol–water partition coefficient (Wildman–Crippen LogP) is 3.51. The molecule has 0 aromatic heterocycles. The van der Waals surface area contributed by atoms with Gasteiger partial charge in [0.2, 0.25) is 5.91 Å². The standard InChI is InChI=1S/C18H23NO2/c1-18-12-21-17(13-8-4-2-5-9-13)19(18)16(20)14-10-6-3-7-11-15(14)18/h2,4-5,8-9,14-15,17H,3,6-7,10-12H2,1H3/t14-,15?,17-,18-/m0/s1. The molecule has 4 rings (SSSR count). The number of benzene rings is 1. The Morgan fingerprint density at radius 3 is 2.71 bits per heavy atom. The Balaban J connectivity index is 1.71. The lowest BCUT2D eigenvalue weighted by atomic mass is 9.78. The summed E-state index contributed by atoms with van der Waals surface area (Å²) in [5, 5.41) is 0. The topological polar surface area (TPSA) is 29.5 Å². The van der Waals surface area contributed by atoms with Crippen molar-refractivity contribution in [3.05, 3.63) is 35.9 Å². The molecule has 1 aromatic carbocycles. The van der Waals surface area contributed by atoms with Crippen molar-refractivity contribution in [2.24, 2.45) is 11.8 Å². The van der Waals surface area contributed by atoms with E-state index in [-0.39, 0.29) is 17.7 Å². The zero-order valence-electron chi connectivity index (χ0n) is 12.6. The SMILES string of the molecule is C[C@@]12CO[C@@H](c3ccccc3)N1C(=O)[C@H]1CCCCCC12. The first-order chi connectivity index (χ1) is 10.2. The van der Waals surface area contributed by atoms with E-state index in [4.69, 9.17) is 4.74 Å². The summed E-state index contributed by atoms with van der Waals surface area (Å²) >= 11 is 0. The van der Waals surface area contributed by atoms with Gasteiger partial charge in [-0.05, 0) is 25.7 Å². The third-order valence-electron chi connectivity index (χ3n) is 5.77. The minimum Gasteiger partial charge on any atom is -0.351 e. The third kappa shape index (κ3) is 1.87. The fraction of sp³-hybridized carbons (Fsp3) is 0.611. The van der Waals surface area contributed by atoms with Crippen LogP contribution < -0.4 is 0 Å². The molecule has 0 radical (unpaired) electrons. The van der Waals surface area contributed by atoms with Gasteiger partial charge in [-0.2, -0.15) is 0 Å². The lowest BCUT2D eigenvalue weighted by Crippen LogP contribution is -2.44. The maximum Gasteiger partial charge on any atom is 0.228 e. The number of rotatable bonds is 1. The lowest BCUT2D eigenvalue weighted by molar-refractivity contribution is -0.138. The maximum absolute atomic E-state index is 13.0. The summed E-state index contributed by atoms with van der Waals surface area (Å²) in [6, 6.07) is 10.2. The molecule has 1 aromatic rings. The summed E-state index contributed by atoms with van der Waals surface area (Å²) in [6.07, 6.45) is 5.79. The largest absolute Gasteiger partial charge is 0.351 e. The van der Waals surface area contributed by atoms with Gasteiger partial charge in [0, 0.05) is 11.5 Å². The van der Waals surface area contributed by atoms with Gasteiger partial charge in [0.15, 0.2) is 6.23 Å². The van der Waals surface area contributed by atoms with Crippen LogP contribution in [0.25, 0.3) is 0 Å². The van der Waals surface area contributed by atoms with Gasteiger partial charge >= 0.3 is 0 Å². The van der Waals surface area contributed by atoms with Gasteiger partial charge in [-0.15, -0.1) is 0 Å². The molecule has 0 spiro atoms. The van der Waals surface area contributed by atoms with E-state index in [0.717, 1.165) is 12.0 Å². The van der Waals surface area contributed by atoms with Crippen molar-refractivity contribution in [3.8, 4) is 0 Å². The number of carbonyl (C=O) groups is 1. The van der Waals surface area contributed by atoms with Crippen LogP contribution in [0.3, 0.4) is 0 Å². The predicted molar refractivity (Wildman–Crippen MR) is 80.5 cm³/mol. The number of nitrogens with zero attached hydrogens (tertiary/aromatic N) is 1. The lowest BCUT2D eigenvalue weighted by Gasteiger charge is -2.33. The average Bonchev–Trinajstić information content (AvgIpc) is 2.80. The Bertz CT molecular complexity index is 543. The molecular weight excluding hydrogens is 262 g/mol. The number of fused-ring (bicyclic) bond motifs is 3. The number of ether oxygens (including phenoxy) is 1. The molecule has 1 saturated carbocycles. The van der Waals surface area contributed by atoms with Gasteiger partial charge in [-0.25, -0.2) is 0 Å². The highest BCUT2D eigenvalue weighted by Gasteiger charge is 2.61. The van der Waals surface area contributed by atoms with Gasteiger partial charge < -0.3 is 9.64 Å². The van der Waals surface area contributed by atoms with E-state index in [0.29, 0.717) is 18.4 Å². The van der Waals surface area contributed by atoms with Crippen molar-refractivity contribution >= 4 is 5.91 Å². The van der Waals surface area contributed by atoms with Crippen LogP contribution in [-0.2, 0) is 9.53 Å². The summed E-state index contributed by atoms with van der Waals surface area (Å²) < 4.78 is 6.07. The first-order valence-electron chi connectivity index (χ1n) is 8.21. The number of amides is 1. The molecule has 3 heteroatoms. The van der Waals surface area contributed by atoms with Crippen molar-refractivity contribution in [1.29, 1.82) is 0 Å². The average molecular weight is 285 g/mol. The molecule has 3 aliphatic rings. The van der Waals surface area contributed by atoms with Gasteiger partial charge in [-0.1, -0.05) is 49.6 Å². The normalized spacial score (nSPS) is 39.0. The van der Waals surface area contributed by atoms with Gasteiger partial charge in [-0.3, -0.25) is 4.79 Å². The second-order valence-corrected chi connectivity index (χ2v) is 6.99. The highest BCUT2D eigenvalue weighted by molar-refractivity contribution is 5.83. The molecule has 0 N–H and O–H groups in total. The van der Waals surface area contributed by atoms with Crippen LogP contribution >= 0.6 is 0 Å². The monoisotopic (exact) mass is 285 g/mol. The Labute approximate surface area is 126 Å². The molecule has 2 heterocycles. The quantitative estimate of drug-likeness (QED) is 0.790. The Morgan fingerprint density at radius 1 is 1.14 bits per heavy atom. The first kappa shape index (κ1) is 13.3. The van der Waals surface area contributed by atoms with Crippen LogP contribution in [0, 0.1) is 11.8 Å². The molecule has 3 nitrogen and oxygen atoms in total. The highest BCUT2D eigenvalue weighted by Crippen LogP contribution is 2.53. The third-order valence-corrected chi connectivity index (χ3v) is 5.77. The van der Waals surface area contributed by atoms with Crippen molar-refractivity contribution < 1.29 is 9.53 Å². The molecule has 2 saturated heterocycles. The second kappa shape index (κ2) is 4.84. The van der Waals surface area contributed by atoms with Crippen molar-refractivity contribution in [3.63, 3.8) is 0 Å². The van der Waals surface area contributed by atoms with Crippen molar-refractivity contribution in [1.82, 2.24) is 4.90 Å². The summed E-state index contributed by atoms with van der Waals surface area (Å²) in [5.41, 5.74) is 0.998. The van der Waals surface area contributed by atoms with Crippen LogP contribution in [0.4, 0.5) is 0 Å². The number of hydrogen-bond donors (Lipinski definition) is 0. The molecule has 1 aliphatic carbocycles. The van der Waals surface area contributed by atoms with Gasteiger partial charge in [0.1, 0.15) is 0 Å². The van der Waals surface area contributed by atoms with Crippen LogP contribution in [-0.4, -0.2) is 23.0 Å². The molecule has 112 valence electrons. The van der Waals surface area contributed by atoms with E-state index < -0.39 is 0 Å². The van der Waals surface area contributed by atoms with Crippen LogP contribution in [0.2, 0.25) is 0 Å². The molecule has 2 aliphatic heterocycles. The summed E-state index contributed by atoms with van der Waals surface area (Å²) in [6.45, 7) is 2.92. The highest BCUT2D eigenvalue weighted by atomic mass is 16.5.